The van der Waals surface area contributed by atoms with Crippen molar-refractivity contribution in [3.05, 3.63) is 0 Å². The number of aliphatic hydroxyl groups excluding tert-OH is 1. The van der Waals surface area contributed by atoms with Gasteiger partial charge in [-0.2, -0.15) is 0 Å². The second kappa shape index (κ2) is 7.34. The number of rotatable bonds is 7. The molecule has 3 N–H and O–H groups in total. The smallest absolute Gasteiger partial charge is 0.0611 e. The van der Waals surface area contributed by atoms with E-state index in [0.717, 1.165) is 31.7 Å². The molecule has 1 saturated heterocycles. The number of hydrogen-bond acceptors (Lipinski definition) is 3. The molecule has 0 aromatic carbocycles. The van der Waals surface area contributed by atoms with Crippen molar-refractivity contribution in [2.45, 2.75) is 57.9 Å². The summed E-state index contributed by atoms with van der Waals surface area (Å²) in [6.45, 7) is 8.12. The van der Waals surface area contributed by atoms with Crippen LogP contribution in [-0.2, 0) is 0 Å². The van der Waals surface area contributed by atoms with Crippen LogP contribution in [0.2, 0.25) is 0 Å². The quantitative estimate of drug-likeness (QED) is 0.718. The van der Waals surface area contributed by atoms with Gasteiger partial charge in [0.2, 0.25) is 0 Å². The molecule has 0 bridgehead atoms. The molecule has 0 spiro atoms. The number of piperidine rings is 1. The maximum absolute atomic E-state index is 9.25. The van der Waals surface area contributed by atoms with Gasteiger partial charge in [0, 0.05) is 5.54 Å². The first-order chi connectivity index (χ1) is 8.13. The van der Waals surface area contributed by atoms with Crippen LogP contribution in [0.4, 0.5) is 0 Å². The highest BCUT2D eigenvalue weighted by molar-refractivity contribution is 4.82. The molecule has 3 heteroatoms. The van der Waals surface area contributed by atoms with Crippen LogP contribution < -0.4 is 5.73 Å². The molecule has 1 atom stereocenters. The van der Waals surface area contributed by atoms with Crippen molar-refractivity contribution < 1.29 is 5.11 Å². The van der Waals surface area contributed by atoms with Gasteiger partial charge in [-0.05, 0) is 57.7 Å². The zero-order valence-corrected chi connectivity index (χ0v) is 11.6. The van der Waals surface area contributed by atoms with E-state index in [1.165, 1.54) is 32.4 Å². The van der Waals surface area contributed by atoms with E-state index in [1.807, 2.05) is 0 Å². The average Bonchev–Trinajstić information content (AvgIpc) is 2.39. The number of aliphatic hydroxyl groups is 1. The second-order valence-electron chi connectivity index (χ2n) is 5.67. The normalized spacial score (nSPS) is 22.6. The van der Waals surface area contributed by atoms with Crippen molar-refractivity contribution in [2.24, 2.45) is 11.7 Å². The van der Waals surface area contributed by atoms with E-state index >= 15 is 0 Å². The molecule has 1 unspecified atom stereocenters. The van der Waals surface area contributed by atoms with Crippen molar-refractivity contribution >= 4 is 0 Å². The largest absolute Gasteiger partial charge is 0.394 e. The summed E-state index contributed by atoms with van der Waals surface area (Å²) in [6.07, 6.45) is 6.97. The van der Waals surface area contributed by atoms with Gasteiger partial charge in [0.15, 0.2) is 0 Å². The monoisotopic (exact) mass is 242 g/mol. The molecule has 0 saturated carbocycles. The van der Waals surface area contributed by atoms with Crippen LogP contribution in [-0.4, -0.2) is 41.8 Å². The summed E-state index contributed by atoms with van der Waals surface area (Å²) in [6, 6.07) is 0. The molecule has 0 aromatic heterocycles. The highest BCUT2D eigenvalue weighted by Gasteiger charge is 2.22. The molecule has 0 amide bonds. The minimum Gasteiger partial charge on any atom is -0.394 e. The Labute approximate surface area is 106 Å². The summed E-state index contributed by atoms with van der Waals surface area (Å²) >= 11 is 0. The van der Waals surface area contributed by atoms with Crippen LogP contribution in [0.15, 0.2) is 0 Å². The lowest BCUT2D eigenvalue weighted by Crippen LogP contribution is -2.44. The SMILES string of the molecule is CCC1CCN(CCCC(N)(CC)CO)CC1. The minimum absolute atomic E-state index is 0.113. The Kier molecular flexibility index (Phi) is 6.45. The van der Waals surface area contributed by atoms with Crippen molar-refractivity contribution in [3.63, 3.8) is 0 Å². The number of hydrogen-bond donors (Lipinski definition) is 2. The third kappa shape index (κ3) is 4.94. The highest BCUT2D eigenvalue weighted by Crippen LogP contribution is 2.21. The van der Waals surface area contributed by atoms with Gasteiger partial charge in [0.05, 0.1) is 6.61 Å². The average molecular weight is 242 g/mol. The Hall–Kier alpha value is -0.120. The number of nitrogens with two attached hydrogens (primary N) is 1. The Morgan fingerprint density at radius 2 is 1.94 bits per heavy atom. The third-order valence-corrected chi connectivity index (χ3v) is 4.45. The zero-order chi connectivity index (χ0) is 12.7. The van der Waals surface area contributed by atoms with Crippen molar-refractivity contribution in [1.29, 1.82) is 0 Å². The standard InChI is InChI=1S/C14H30N2O/c1-3-13-6-10-16(11-7-13)9-5-8-14(15,4-2)12-17/h13,17H,3-12,15H2,1-2H3. The molecule has 1 fully saturated rings. The van der Waals surface area contributed by atoms with Gasteiger partial charge in [-0.25, -0.2) is 0 Å². The van der Waals surface area contributed by atoms with Gasteiger partial charge < -0.3 is 15.7 Å². The van der Waals surface area contributed by atoms with E-state index in [9.17, 15) is 5.11 Å². The Bertz CT molecular complexity index is 196. The topological polar surface area (TPSA) is 49.5 Å². The second-order valence-corrected chi connectivity index (χ2v) is 5.67. The lowest BCUT2D eigenvalue weighted by molar-refractivity contribution is 0.154. The van der Waals surface area contributed by atoms with Crippen molar-refractivity contribution in [3.8, 4) is 0 Å². The lowest BCUT2D eigenvalue weighted by Gasteiger charge is -2.32. The molecule has 102 valence electrons. The maximum Gasteiger partial charge on any atom is 0.0611 e. The first kappa shape index (κ1) is 14.9. The Morgan fingerprint density at radius 3 is 2.41 bits per heavy atom. The predicted molar refractivity (Wildman–Crippen MR) is 73.0 cm³/mol. The molecular weight excluding hydrogens is 212 g/mol. The van der Waals surface area contributed by atoms with Gasteiger partial charge in [0.1, 0.15) is 0 Å². The molecule has 0 radical (unpaired) electrons. The first-order valence-corrected chi connectivity index (χ1v) is 7.25. The summed E-state index contributed by atoms with van der Waals surface area (Å²) in [5.41, 5.74) is 5.74. The van der Waals surface area contributed by atoms with E-state index < -0.39 is 0 Å². The third-order valence-electron chi connectivity index (χ3n) is 4.45. The summed E-state index contributed by atoms with van der Waals surface area (Å²) in [7, 11) is 0. The van der Waals surface area contributed by atoms with E-state index in [4.69, 9.17) is 5.73 Å². The molecule has 0 aromatic rings. The Balaban J connectivity index is 2.15. The summed E-state index contributed by atoms with van der Waals surface area (Å²) < 4.78 is 0. The zero-order valence-electron chi connectivity index (χ0n) is 11.6. The maximum atomic E-state index is 9.25. The minimum atomic E-state index is -0.345. The van der Waals surface area contributed by atoms with Gasteiger partial charge in [-0.3, -0.25) is 0 Å². The Morgan fingerprint density at radius 1 is 1.29 bits per heavy atom. The van der Waals surface area contributed by atoms with Crippen molar-refractivity contribution in [2.75, 3.05) is 26.2 Å². The van der Waals surface area contributed by atoms with Gasteiger partial charge >= 0.3 is 0 Å². The van der Waals surface area contributed by atoms with Crippen LogP contribution in [0, 0.1) is 5.92 Å². The lowest BCUT2D eigenvalue weighted by atomic mass is 9.91. The molecular formula is C14H30N2O. The summed E-state index contributed by atoms with van der Waals surface area (Å²) in [5, 5.41) is 9.25. The van der Waals surface area contributed by atoms with Crippen LogP contribution in [0.5, 0.6) is 0 Å². The summed E-state index contributed by atoms with van der Waals surface area (Å²) in [5.74, 6) is 0.952. The van der Waals surface area contributed by atoms with Crippen LogP contribution >= 0.6 is 0 Å². The number of nitrogens with zero attached hydrogens (tertiary/aromatic N) is 1. The van der Waals surface area contributed by atoms with E-state index in [-0.39, 0.29) is 12.1 Å². The van der Waals surface area contributed by atoms with E-state index in [2.05, 4.69) is 18.7 Å². The fraction of sp³-hybridized carbons (Fsp3) is 1.00. The fourth-order valence-electron chi connectivity index (χ4n) is 2.64. The van der Waals surface area contributed by atoms with Gasteiger partial charge in [-0.15, -0.1) is 0 Å². The van der Waals surface area contributed by atoms with Gasteiger partial charge in [-0.1, -0.05) is 20.3 Å². The van der Waals surface area contributed by atoms with E-state index in [1.54, 1.807) is 0 Å². The molecule has 3 nitrogen and oxygen atoms in total. The molecule has 0 aliphatic carbocycles. The van der Waals surface area contributed by atoms with Crippen LogP contribution in [0.25, 0.3) is 0 Å². The van der Waals surface area contributed by atoms with E-state index in [0.29, 0.717) is 0 Å². The van der Waals surface area contributed by atoms with Crippen molar-refractivity contribution in [1.82, 2.24) is 4.90 Å². The predicted octanol–water partition coefficient (Wildman–Crippen LogP) is 1.99. The highest BCUT2D eigenvalue weighted by atomic mass is 16.3. The van der Waals surface area contributed by atoms with Gasteiger partial charge in [0.25, 0.3) is 0 Å². The molecule has 1 heterocycles. The molecule has 17 heavy (non-hydrogen) atoms. The molecule has 1 aliphatic rings. The first-order valence-electron chi connectivity index (χ1n) is 7.25. The summed E-state index contributed by atoms with van der Waals surface area (Å²) in [4.78, 5) is 2.56. The fourth-order valence-corrected chi connectivity index (χ4v) is 2.64. The van der Waals surface area contributed by atoms with Crippen LogP contribution in [0.3, 0.4) is 0 Å². The molecule has 1 aliphatic heterocycles. The molecule has 1 rings (SSSR count). The number of likely N-dealkylation sites (tertiary alicyclic amines) is 1. The van der Waals surface area contributed by atoms with Crippen LogP contribution in [0.1, 0.15) is 52.4 Å².